The zero-order chi connectivity index (χ0) is 18.3. The first-order chi connectivity index (χ1) is 12.4. The van der Waals surface area contributed by atoms with Crippen LogP contribution in [0.15, 0.2) is 49.9 Å². The van der Waals surface area contributed by atoms with Crippen LogP contribution in [-0.2, 0) is 22.1 Å². The number of benzene rings is 1. The molecule has 1 aromatic carbocycles. The fourth-order valence-electron chi connectivity index (χ4n) is 2.63. The summed E-state index contributed by atoms with van der Waals surface area (Å²) >= 11 is 3.22. The summed E-state index contributed by atoms with van der Waals surface area (Å²) in [6.07, 6.45) is 1.18. The molecule has 0 aliphatic rings. The van der Waals surface area contributed by atoms with Gasteiger partial charge in [0.05, 0.1) is 11.0 Å². The van der Waals surface area contributed by atoms with Crippen LogP contribution in [0.4, 0.5) is 0 Å². The van der Waals surface area contributed by atoms with Gasteiger partial charge in [-0.1, -0.05) is 12.1 Å². The second-order valence-electron chi connectivity index (χ2n) is 5.78. The molecule has 0 aliphatic carbocycles. The van der Waals surface area contributed by atoms with Crippen molar-refractivity contribution in [3.8, 4) is 11.7 Å². The fourth-order valence-corrected chi connectivity index (χ4v) is 3.62. The number of rotatable bonds is 5. The first-order valence-electron chi connectivity index (χ1n) is 7.59. The van der Waals surface area contributed by atoms with Gasteiger partial charge in [-0.2, -0.15) is 0 Å². The third kappa shape index (κ3) is 3.42. The van der Waals surface area contributed by atoms with Crippen molar-refractivity contribution in [2.75, 3.05) is 6.26 Å². The SMILES string of the molecule is CS(=O)(=O)Cc1nc2ccccc2n1Cc1nnc(-c2ccc(Br)o2)o1. The van der Waals surface area contributed by atoms with Gasteiger partial charge < -0.3 is 13.4 Å². The molecule has 3 aromatic heterocycles. The Hall–Kier alpha value is -2.46. The zero-order valence-corrected chi connectivity index (χ0v) is 16.0. The van der Waals surface area contributed by atoms with Crippen LogP contribution in [0.25, 0.3) is 22.7 Å². The number of aromatic nitrogens is 4. The third-order valence-electron chi connectivity index (χ3n) is 3.67. The molecule has 0 amide bonds. The van der Waals surface area contributed by atoms with E-state index in [4.69, 9.17) is 8.83 Å². The van der Waals surface area contributed by atoms with Gasteiger partial charge >= 0.3 is 0 Å². The van der Waals surface area contributed by atoms with E-state index < -0.39 is 9.84 Å². The minimum absolute atomic E-state index is 0.173. The van der Waals surface area contributed by atoms with Crippen LogP contribution >= 0.6 is 15.9 Å². The van der Waals surface area contributed by atoms with Gasteiger partial charge in [0.1, 0.15) is 18.1 Å². The Balaban J connectivity index is 1.72. The lowest BCUT2D eigenvalue weighted by Crippen LogP contribution is -2.10. The number of halogens is 1. The van der Waals surface area contributed by atoms with Crippen molar-refractivity contribution in [1.82, 2.24) is 19.7 Å². The zero-order valence-electron chi connectivity index (χ0n) is 13.6. The molecule has 0 bridgehead atoms. The summed E-state index contributed by atoms with van der Waals surface area (Å²) in [5, 5.41) is 8.01. The number of furan rings is 1. The summed E-state index contributed by atoms with van der Waals surface area (Å²) in [7, 11) is -3.24. The van der Waals surface area contributed by atoms with Crippen molar-refractivity contribution in [3.63, 3.8) is 0 Å². The molecule has 26 heavy (non-hydrogen) atoms. The molecule has 0 spiro atoms. The average Bonchev–Trinajstić information content (AvgIpc) is 3.26. The van der Waals surface area contributed by atoms with Crippen molar-refractivity contribution in [2.24, 2.45) is 0 Å². The maximum absolute atomic E-state index is 11.8. The van der Waals surface area contributed by atoms with Gasteiger partial charge in [-0.3, -0.25) is 0 Å². The summed E-state index contributed by atoms with van der Waals surface area (Å²) in [5.41, 5.74) is 1.51. The summed E-state index contributed by atoms with van der Waals surface area (Å²) < 4.78 is 36.9. The van der Waals surface area contributed by atoms with E-state index in [-0.39, 0.29) is 18.2 Å². The number of hydrogen-bond donors (Lipinski definition) is 0. The number of imidazole rings is 1. The molecular weight excluding hydrogens is 424 g/mol. The van der Waals surface area contributed by atoms with Gasteiger partial charge in [-0.05, 0) is 40.2 Å². The lowest BCUT2D eigenvalue weighted by atomic mass is 10.3. The molecule has 134 valence electrons. The second-order valence-corrected chi connectivity index (χ2v) is 8.70. The molecule has 0 aliphatic heterocycles. The van der Waals surface area contributed by atoms with Crippen LogP contribution in [0.2, 0.25) is 0 Å². The molecule has 0 N–H and O–H groups in total. The van der Waals surface area contributed by atoms with Gasteiger partial charge in [0.2, 0.25) is 5.89 Å². The number of para-hydroxylation sites is 2. The minimum Gasteiger partial charge on any atom is -0.444 e. The maximum Gasteiger partial charge on any atom is 0.283 e. The molecule has 0 saturated heterocycles. The molecule has 4 aromatic rings. The first kappa shape index (κ1) is 17.0. The lowest BCUT2D eigenvalue weighted by Gasteiger charge is -2.05. The number of fused-ring (bicyclic) bond motifs is 1. The van der Waals surface area contributed by atoms with Crippen molar-refractivity contribution < 1.29 is 17.3 Å². The van der Waals surface area contributed by atoms with Gasteiger partial charge in [0.15, 0.2) is 20.3 Å². The quantitative estimate of drug-likeness (QED) is 0.473. The Bertz CT molecular complexity index is 1190. The number of nitrogens with zero attached hydrogens (tertiary/aromatic N) is 4. The van der Waals surface area contributed by atoms with Crippen molar-refractivity contribution in [2.45, 2.75) is 12.3 Å². The highest BCUT2D eigenvalue weighted by Crippen LogP contribution is 2.25. The van der Waals surface area contributed by atoms with Crippen LogP contribution in [0.5, 0.6) is 0 Å². The Morgan fingerprint density at radius 2 is 1.92 bits per heavy atom. The van der Waals surface area contributed by atoms with E-state index in [1.54, 1.807) is 16.7 Å². The Kier molecular flexibility index (Phi) is 4.16. The van der Waals surface area contributed by atoms with Gasteiger partial charge in [0, 0.05) is 6.26 Å². The highest BCUT2D eigenvalue weighted by atomic mass is 79.9. The molecule has 0 saturated carbocycles. The average molecular weight is 437 g/mol. The molecular formula is C16H13BrN4O4S. The van der Waals surface area contributed by atoms with E-state index in [2.05, 4.69) is 31.1 Å². The molecule has 0 atom stereocenters. The number of sulfone groups is 1. The number of hydrogen-bond acceptors (Lipinski definition) is 7. The van der Waals surface area contributed by atoms with E-state index in [9.17, 15) is 8.42 Å². The van der Waals surface area contributed by atoms with Crippen LogP contribution in [0.3, 0.4) is 0 Å². The molecule has 10 heteroatoms. The summed E-state index contributed by atoms with van der Waals surface area (Å²) in [6, 6.07) is 10.9. The third-order valence-corrected chi connectivity index (χ3v) is 4.88. The first-order valence-corrected chi connectivity index (χ1v) is 10.4. The molecule has 0 unspecified atom stereocenters. The Labute approximate surface area is 156 Å². The largest absolute Gasteiger partial charge is 0.444 e. The molecule has 4 rings (SSSR count). The Morgan fingerprint density at radius 3 is 2.65 bits per heavy atom. The van der Waals surface area contributed by atoms with Gasteiger partial charge in [0.25, 0.3) is 5.89 Å². The van der Waals surface area contributed by atoms with Crippen LogP contribution < -0.4 is 0 Å². The van der Waals surface area contributed by atoms with E-state index in [1.165, 1.54) is 6.26 Å². The van der Waals surface area contributed by atoms with Gasteiger partial charge in [-0.25, -0.2) is 13.4 Å². The molecule has 0 fully saturated rings. The van der Waals surface area contributed by atoms with E-state index in [0.717, 1.165) is 5.52 Å². The fraction of sp³-hybridized carbons (Fsp3) is 0.188. The standard InChI is InChI=1S/C16H13BrN4O4S/c1-26(22,23)9-14-18-10-4-2-3-5-11(10)21(14)8-15-19-20-16(25-15)12-6-7-13(17)24-12/h2-7H,8-9H2,1H3. The molecule has 8 nitrogen and oxygen atoms in total. The highest BCUT2D eigenvalue weighted by Gasteiger charge is 2.18. The van der Waals surface area contributed by atoms with E-state index in [1.807, 2.05) is 24.3 Å². The van der Waals surface area contributed by atoms with E-state index >= 15 is 0 Å². The molecule has 0 radical (unpaired) electrons. The molecule has 3 heterocycles. The predicted molar refractivity (Wildman–Crippen MR) is 97.1 cm³/mol. The van der Waals surface area contributed by atoms with Crippen LogP contribution in [-0.4, -0.2) is 34.4 Å². The highest BCUT2D eigenvalue weighted by molar-refractivity contribution is 9.10. The summed E-state index contributed by atoms with van der Waals surface area (Å²) in [6.45, 7) is 0.209. The predicted octanol–water partition coefficient (Wildman–Crippen LogP) is 3.03. The topological polar surface area (TPSA) is 104 Å². The Morgan fingerprint density at radius 1 is 1.12 bits per heavy atom. The van der Waals surface area contributed by atoms with Crippen LogP contribution in [0.1, 0.15) is 11.7 Å². The van der Waals surface area contributed by atoms with Crippen molar-refractivity contribution in [3.05, 3.63) is 52.8 Å². The van der Waals surface area contributed by atoms with Crippen molar-refractivity contribution in [1.29, 1.82) is 0 Å². The van der Waals surface area contributed by atoms with E-state index in [0.29, 0.717) is 27.7 Å². The monoisotopic (exact) mass is 436 g/mol. The minimum atomic E-state index is -3.24. The summed E-state index contributed by atoms with van der Waals surface area (Å²) in [5.74, 6) is 1.27. The maximum atomic E-state index is 11.8. The second kappa shape index (κ2) is 6.36. The van der Waals surface area contributed by atoms with Crippen LogP contribution in [0, 0.1) is 0 Å². The smallest absolute Gasteiger partial charge is 0.283 e. The normalized spacial score (nSPS) is 12.1. The van der Waals surface area contributed by atoms with Gasteiger partial charge in [-0.15, -0.1) is 10.2 Å². The summed E-state index contributed by atoms with van der Waals surface area (Å²) in [4.78, 5) is 4.43. The van der Waals surface area contributed by atoms with Crippen molar-refractivity contribution >= 4 is 36.8 Å². The lowest BCUT2D eigenvalue weighted by molar-refractivity contribution is 0.463.